The maximum absolute atomic E-state index is 12.7. The number of benzene rings is 1. The Hall–Kier alpha value is -2.14. The predicted octanol–water partition coefficient (Wildman–Crippen LogP) is 2.63. The van der Waals surface area contributed by atoms with Crippen molar-refractivity contribution >= 4 is 5.91 Å². The minimum atomic E-state index is -0.581. The van der Waals surface area contributed by atoms with Crippen molar-refractivity contribution < 1.29 is 9.90 Å². The molecule has 2 N–H and O–H groups in total. The Kier molecular flexibility index (Phi) is 4.71. The molecule has 128 valence electrons. The van der Waals surface area contributed by atoms with Crippen LogP contribution in [0.3, 0.4) is 0 Å². The summed E-state index contributed by atoms with van der Waals surface area (Å²) in [6, 6.07) is 7.51. The van der Waals surface area contributed by atoms with Crippen LogP contribution in [0.4, 0.5) is 0 Å². The number of aliphatic hydroxyl groups excluding tert-OH is 1. The van der Waals surface area contributed by atoms with Crippen molar-refractivity contribution in [3.8, 4) is 0 Å². The molecule has 0 saturated carbocycles. The van der Waals surface area contributed by atoms with Gasteiger partial charge in [-0.3, -0.25) is 9.48 Å². The molecular weight excluding hydrogens is 302 g/mol. The van der Waals surface area contributed by atoms with Gasteiger partial charge in [0.15, 0.2) is 0 Å². The Morgan fingerprint density at radius 3 is 2.92 bits per heavy atom. The second-order valence-corrected chi connectivity index (χ2v) is 6.97. The number of nitrogens with one attached hydrogen (secondary N) is 1. The fourth-order valence-electron chi connectivity index (χ4n) is 3.24. The lowest BCUT2D eigenvalue weighted by atomic mass is 10.1. The number of aromatic nitrogens is 2. The average Bonchev–Trinajstić information content (AvgIpc) is 3.06. The SMILES string of the molecule is Cc1c(C(=O)NC2c3ccccc3CC2O)cnn1CCC(C)C. The standard InChI is InChI=1S/C19H25N3O2/c1-12(2)8-9-22-13(3)16(11-20-22)19(24)21-18-15-7-5-4-6-14(15)10-17(18)23/h4-7,11-12,17-18,23H,8-10H2,1-3H3,(H,21,24). The van der Waals surface area contributed by atoms with E-state index in [2.05, 4.69) is 24.3 Å². The van der Waals surface area contributed by atoms with Crippen molar-refractivity contribution in [3.05, 3.63) is 52.8 Å². The summed E-state index contributed by atoms with van der Waals surface area (Å²) in [7, 11) is 0. The van der Waals surface area contributed by atoms with Crippen LogP contribution in [-0.4, -0.2) is 26.9 Å². The first-order chi connectivity index (χ1) is 11.5. The first-order valence-corrected chi connectivity index (χ1v) is 8.56. The summed E-state index contributed by atoms with van der Waals surface area (Å²) < 4.78 is 1.88. The van der Waals surface area contributed by atoms with Gasteiger partial charge in [0.1, 0.15) is 0 Å². The number of carbonyl (C=O) groups excluding carboxylic acids is 1. The van der Waals surface area contributed by atoms with E-state index in [9.17, 15) is 9.90 Å². The van der Waals surface area contributed by atoms with Gasteiger partial charge in [-0.2, -0.15) is 5.10 Å². The second kappa shape index (κ2) is 6.77. The Morgan fingerprint density at radius 1 is 1.42 bits per heavy atom. The molecule has 5 heteroatoms. The lowest BCUT2D eigenvalue weighted by Gasteiger charge is -2.18. The molecule has 0 saturated heterocycles. The molecule has 2 aromatic rings. The van der Waals surface area contributed by atoms with E-state index < -0.39 is 6.10 Å². The topological polar surface area (TPSA) is 67.2 Å². The van der Waals surface area contributed by atoms with Crippen LogP contribution in [0.1, 0.15) is 53.5 Å². The van der Waals surface area contributed by atoms with E-state index in [4.69, 9.17) is 0 Å². The van der Waals surface area contributed by atoms with Crippen LogP contribution < -0.4 is 5.32 Å². The van der Waals surface area contributed by atoms with Gasteiger partial charge in [0.2, 0.25) is 0 Å². The second-order valence-electron chi connectivity index (χ2n) is 6.97. The molecule has 0 spiro atoms. The summed E-state index contributed by atoms with van der Waals surface area (Å²) in [4.78, 5) is 12.7. The quantitative estimate of drug-likeness (QED) is 0.887. The normalized spacial score (nSPS) is 19.5. The number of hydrogen-bond acceptors (Lipinski definition) is 3. The van der Waals surface area contributed by atoms with Crippen LogP contribution in [0, 0.1) is 12.8 Å². The van der Waals surface area contributed by atoms with Crippen molar-refractivity contribution in [3.63, 3.8) is 0 Å². The zero-order valence-electron chi connectivity index (χ0n) is 14.5. The van der Waals surface area contributed by atoms with Gasteiger partial charge in [0.05, 0.1) is 23.9 Å². The molecule has 5 nitrogen and oxygen atoms in total. The Labute approximate surface area is 142 Å². The molecule has 0 aliphatic heterocycles. The third-order valence-electron chi connectivity index (χ3n) is 4.76. The molecule has 2 unspecified atom stereocenters. The monoisotopic (exact) mass is 327 g/mol. The van der Waals surface area contributed by atoms with Gasteiger partial charge in [-0.15, -0.1) is 0 Å². The maximum atomic E-state index is 12.7. The number of carbonyl (C=O) groups is 1. The Morgan fingerprint density at radius 2 is 2.17 bits per heavy atom. The molecule has 1 amide bonds. The zero-order valence-corrected chi connectivity index (χ0v) is 14.5. The number of nitrogens with zero attached hydrogens (tertiary/aromatic N) is 2. The van der Waals surface area contributed by atoms with Crippen molar-refractivity contribution in [1.29, 1.82) is 0 Å². The summed E-state index contributed by atoms with van der Waals surface area (Å²) in [5.74, 6) is 0.417. The lowest BCUT2D eigenvalue weighted by molar-refractivity contribution is 0.0857. The van der Waals surface area contributed by atoms with E-state index in [-0.39, 0.29) is 11.9 Å². The van der Waals surface area contributed by atoms with Crippen molar-refractivity contribution in [1.82, 2.24) is 15.1 Å². The summed E-state index contributed by atoms with van der Waals surface area (Å²) in [5, 5.41) is 17.6. The number of aliphatic hydroxyl groups is 1. The van der Waals surface area contributed by atoms with Crippen LogP contribution in [-0.2, 0) is 13.0 Å². The van der Waals surface area contributed by atoms with Crippen LogP contribution in [0.15, 0.2) is 30.5 Å². The molecule has 2 atom stereocenters. The van der Waals surface area contributed by atoms with Gasteiger partial charge in [-0.05, 0) is 30.4 Å². The number of rotatable bonds is 5. The molecule has 1 aromatic heterocycles. The van der Waals surface area contributed by atoms with Gasteiger partial charge in [0, 0.05) is 18.7 Å². The van der Waals surface area contributed by atoms with E-state index in [0.717, 1.165) is 29.8 Å². The zero-order chi connectivity index (χ0) is 17.3. The average molecular weight is 327 g/mol. The van der Waals surface area contributed by atoms with E-state index >= 15 is 0 Å². The van der Waals surface area contributed by atoms with E-state index in [1.165, 1.54) is 0 Å². The minimum Gasteiger partial charge on any atom is -0.390 e. The molecule has 1 heterocycles. The first kappa shape index (κ1) is 16.7. The van der Waals surface area contributed by atoms with Crippen molar-refractivity contribution in [2.45, 2.75) is 52.3 Å². The van der Waals surface area contributed by atoms with Crippen molar-refractivity contribution in [2.24, 2.45) is 5.92 Å². The fourth-order valence-corrected chi connectivity index (χ4v) is 3.24. The molecular formula is C19H25N3O2. The minimum absolute atomic E-state index is 0.177. The molecule has 1 aromatic carbocycles. The van der Waals surface area contributed by atoms with E-state index in [1.807, 2.05) is 35.9 Å². The third-order valence-corrected chi connectivity index (χ3v) is 4.76. The Bertz CT molecular complexity index is 736. The Balaban J connectivity index is 1.74. The summed E-state index contributed by atoms with van der Waals surface area (Å²) in [6.07, 6.45) is 2.65. The molecule has 24 heavy (non-hydrogen) atoms. The molecule has 3 rings (SSSR count). The molecule has 1 aliphatic rings. The van der Waals surface area contributed by atoms with Gasteiger partial charge in [-0.25, -0.2) is 0 Å². The van der Waals surface area contributed by atoms with E-state index in [1.54, 1.807) is 6.20 Å². The maximum Gasteiger partial charge on any atom is 0.255 e. The van der Waals surface area contributed by atoms with Gasteiger partial charge < -0.3 is 10.4 Å². The predicted molar refractivity (Wildman–Crippen MR) is 92.8 cm³/mol. The highest BCUT2D eigenvalue weighted by Crippen LogP contribution is 2.31. The number of fused-ring (bicyclic) bond motifs is 1. The smallest absolute Gasteiger partial charge is 0.255 e. The number of amides is 1. The van der Waals surface area contributed by atoms with Gasteiger partial charge in [0.25, 0.3) is 5.91 Å². The number of aryl methyl sites for hydroxylation is 1. The van der Waals surface area contributed by atoms with Crippen LogP contribution in [0.2, 0.25) is 0 Å². The van der Waals surface area contributed by atoms with Gasteiger partial charge >= 0.3 is 0 Å². The highest BCUT2D eigenvalue weighted by atomic mass is 16.3. The highest BCUT2D eigenvalue weighted by molar-refractivity contribution is 5.95. The van der Waals surface area contributed by atoms with Crippen LogP contribution in [0.5, 0.6) is 0 Å². The van der Waals surface area contributed by atoms with Gasteiger partial charge in [-0.1, -0.05) is 38.1 Å². The summed E-state index contributed by atoms with van der Waals surface area (Å²) in [6.45, 7) is 7.07. The third kappa shape index (κ3) is 3.22. The lowest BCUT2D eigenvalue weighted by Crippen LogP contribution is -2.34. The van der Waals surface area contributed by atoms with Crippen LogP contribution >= 0.6 is 0 Å². The molecule has 0 fully saturated rings. The van der Waals surface area contributed by atoms with Crippen LogP contribution in [0.25, 0.3) is 0 Å². The molecule has 0 bridgehead atoms. The molecule has 0 radical (unpaired) electrons. The highest BCUT2D eigenvalue weighted by Gasteiger charge is 2.32. The summed E-state index contributed by atoms with van der Waals surface area (Å²) in [5.41, 5.74) is 3.55. The first-order valence-electron chi connectivity index (χ1n) is 8.56. The van der Waals surface area contributed by atoms with E-state index in [0.29, 0.717) is 17.9 Å². The molecule has 1 aliphatic carbocycles. The number of hydrogen-bond donors (Lipinski definition) is 2. The fraction of sp³-hybridized carbons (Fsp3) is 0.474. The summed E-state index contributed by atoms with van der Waals surface area (Å²) >= 11 is 0. The largest absolute Gasteiger partial charge is 0.390 e. The van der Waals surface area contributed by atoms with Crippen molar-refractivity contribution in [2.75, 3.05) is 0 Å².